The van der Waals surface area contributed by atoms with E-state index in [9.17, 15) is 19.8 Å². The van der Waals surface area contributed by atoms with Gasteiger partial charge in [0.1, 0.15) is 6.04 Å². The number of carboxylic acids is 1. The van der Waals surface area contributed by atoms with Crippen molar-refractivity contribution in [1.82, 2.24) is 4.90 Å². The van der Waals surface area contributed by atoms with Crippen molar-refractivity contribution in [2.45, 2.75) is 36.1 Å². The number of hydrogen-bond donors (Lipinski definition) is 2. The minimum Gasteiger partial charge on any atom is -0.480 e. The molecule has 0 saturated carbocycles. The highest BCUT2D eigenvalue weighted by Gasteiger charge is 2.64. The first-order chi connectivity index (χ1) is 10.8. The highest BCUT2D eigenvalue weighted by atomic mass is 32.2. The molecule has 2 N–H and O–H groups in total. The van der Waals surface area contributed by atoms with Crippen LogP contribution in [0.5, 0.6) is 0 Å². The number of β-lactam (4-membered cyclic amide) rings is 1. The molecule has 1 aromatic carbocycles. The van der Waals surface area contributed by atoms with Gasteiger partial charge in [0.2, 0.25) is 5.91 Å². The van der Waals surface area contributed by atoms with Crippen molar-refractivity contribution in [3.8, 4) is 0 Å². The van der Waals surface area contributed by atoms with Gasteiger partial charge in [-0.3, -0.25) is 4.79 Å². The molecule has 2 aliphatic heterocycles. The quantitative estimate of drug-likeness (QED) is 0.822. The van der Waals surface area contributed by atoms with Crippen LogP contribution in [0.3, 0.4) is 0 Å². The van der Waals surface area contributed by atoms with Gasteiger partial charge in [0.25, 0.3) is 0 Å². The molecule has 2 fully saturated rings. The maximum Gasteiger partial charge on any atom is 0.327 e. The molecule has 2 heterocycles. The third-order valence-electron chi connectivity index (χ3n) is 4.37. The molecule has 0 aromatic heterocycles. The summed E-state index contributed by atoms with van der Waals surface area (Å²) in [7, 11) is 0. The van der Waals surface area contributed by atoms with Crippen LogP contribution in [0.4, 0.5) is 0 Å². The van der Waals surface area contributed by atoms with E-state index in [1.807, 2.05) is 44.2 Å². The van der Waals surface area contributed by atoms with Gasteiger partial charge in [0.05, 0.1) is 17.4 Å². The van der Waals surface area contributed by atoms with E-state index >= 15 is 0 Å². The lowest BCUT2D eigenvalue weighted by atomic mass is 9.87. The number of nitrogens with zero attached hydrogens (tertiary/aromatic N) is 1. The largest absolute Gasteiger partial charge is 0.480 e. The van der Waals surface area contributed by atoms with Crippen molar-refractivity contribution in [2.75, 3.05) is 0 Å². The standard InChI is InChI=1S/C17H19NO4S/c1-17(2)13(16(21)22)18-14(20)12(15(18)23-17)11(19)9-8-10-6-4-3-5-7-10/h3-9,11-13,15,19H,1-2H3,(H,21,22)/b9-8+/t11?,12-,13+,15-/m1/s1. The van der Waals surface area contributed by atoms with Gasteiger partial charge in [-0.25, -0.2) is 4.79 Å². The average molecular weight is 333 g/mol. The molecule has 4 atom stereocenters. The normalized spacial score (nSPS) is 30.1. The molecule has 6 heteroatoms. The van der Waals surface area contributed by atoms with Gasteiger partial charge >= 0.3 is 5.97 Å². The smallest absolute Gasteiger partial charge is 0.327 e. The first-order valence-corrected chi connectivity index (χ1v) is 8.35. The van der Waals surface area contributed by atoms with Crippen molar-refractivity contribution >= 4 is 29.7 Å². The summed E-state index contributed by atoms with van der Waals surface area (Å²) in [5.74, 6) is -1.86. The summed E-state index contributed by atoms with van der Waals surface area (Å²) in [4.78, 5) is 25.2. The van der Waals surface area contributed by atoms with Crippen molar-refractivity contribution in [1.29, 1.82) is 0 Å². The summed E-state index contributed by atoms with van der Waals surface area (Å²) in [5.41, 5.74) is 0.943. The van der Waals surface area contributed by atoms with E-state index in [-0.39, 0.29) is 11.3 Å². The Bertz CT molecular complexity index is 658. The minimum atomic E-state index is -0.994. The summed E-state index contributed by atoms with van der Waals surface area (Å²) in [5, 5.41) is 19.4. The molecule has 0 radical (unpaired) electrons. The third-order valence-corrected chi connectivity index (χ3v) is 5.96. The second-order valence-corrected chi connectivity index (χ2v) is 8.16. The molecule has 0 aliphatic carbocycles. The monoisotopic (exact) mass is 333 g/mol. The Labute approximate surface area is 139 Å². The zero-order valence-electron chi connectivity index (χ0n) is 12.9. The number of aliphatic hydroxyl groups excluding tert-OH is 1. The van der Waals surface area contributed by atoms with Crippen LogP contribution in [0.2, 0.25) is 0 Å². The van der Waals surface area contributed by atoms with Gasteiger partial charge in [0, 0.05) is 4.75 Å². The van der Waals surface area contributed by atoms with Gasteiger partial charge < -0.3 is 15.1 Å². The van der Waals surface area contributed by atoms with Gasteiger partial charge in [-0.1, -0.05) is 42.5 Å². The molecular formula is C17H19NO4S. The second-order valence-electron chi connectivity index (χ2n) is 6.38. The first-order valence-electron chi connectivity index (χ1n) is 7.47. The van der Waals surface area contributed by atoms with Crippen LogP contribution in [-0.2, 0) is 9.59 Å². The van der Waals surface area contributed by atoms with Gasteiger partial charge in [-0.2, -0.15) is 0 Å². The van der Waals surface area contributed by atoms with Crippen molar-refractivity contribution < 1.29 is 19.8 Å². The zero-order chi connectivity index (χ0) is 16.8. The van der Waals surface area contributed by atoms with Gasteiger partial charge in [0.15, 0.2) is 0 Å². The SMILES string of the molecule is CC1(C)S[C@@H]2[C@H](C(O)/C=C/c3ccccc3)C(=O)N2[C@H]1C(=O)O. The molecule has 0 spiro atoms. The topological polar surface area (TPSA) is 77.8 Å². The van der Waals surface area contributed by atoms with Crippen LogP contribution in [-0.4, -0.2) is 49.3 Å². The van der Waals surface area contributed by atoms with Gasteiger partial charge in [-0.05, 0) is 19.4 Å². The minimum absolute atomic E-state index is 0.283. The average Bonchev–Trinajstić information content (AvgIpc) is 2.74. The zero-order valence-corrected chi connectivity index (χ0v) is 13.7. The molecule has 2 aliphatic rings. The maximum atomic E-state index is 12.4. The van der Waals surface area contributed by atoms with E-state index in [0.717, 1.165) is 5.56 Å². The summed E-state index contributed by atoms with van der Waals surface area (Å²) in [6, 6.07) is 8.68. The van der Waals surface area contributed by atoms with E-state index in [0.29, 0.717) is 0 Å². The Morgan fingerprint density at radius 1 is 1.35 bits per heavy atom. The van der Waals surface area contributed by atoms with Crippen LogP contribution >= 0.6 is 11.8 Å². The number of fused-ring (bicyclic) bond motifs is 1. The summed E-state index contributed by atoms with van der Waals surface area (Å²) >= 11 is 1.45. The predicted octanol–water partition coefficient (Wildman–Crippen LogP) is 1.82. The lowest BCUT2D eigenvalue weighted by molar-refractivity contribution is -0.167. The Morgan fingerprint density at radius 2 is 2.00 bits per heavy atom. The van der Waals surface area contributed by atoms with E-state index < -0.39 is 28.8 Å². The first kappa shape index (κ1) is 16.1. The van der Waals surface area contributed by atoms with E-state index in [2.05, 4.69) is 0 Å². The number of amides is 1. The molecular weight excluding hydrogens is 314 g/mol. The number of thioether (sulfide) groups is 1. The number of carboxylic acid groups (broad SMARTS) is 1. The summed E-state index contributed by atoms with van der Waals surface area (Å²) < 4.78 is -0.566. The van der Waals surface area contributed by atoms with E-state index in [1.54, 1.807) is 12.2 Å². The van der Waals surface area contributed by atoms with E-state index in [4.69, 9.17) is 0 Å². The number of benzene rings is 1. The fourth-order valence-electron chi connectivity index (χ4n) is 3.25. The molecule has 1 aromatic rings. The van der Waals surface area contributed by atoms with Crippen LogP contribution in [0, 0.1) is 5.92 Å². The Hall–Kier alpha value is -1.79. The molecule has 0 bridgehead atoms. The number of hydrogen-bond acceptors (Lipinski definition) is 4. The van der Waals surface area contributed by atoms with Crippen molar-refractivity contribution in [2.24, 2.45) is 5.92 Å². The number of carbonyl (C=O) groups excluding carboxylic acids is 1. The second kappa shape index (κ2) is 5.69. The number of aliphatic carboxylic acids is 1. The molecule has 1 amide bonds. The van der Waals surface area contributed by atoms with Crippen LogP contribution in [0.1, 0.15) is 19.4 Å². The Kier molecular flexibility index (Phi) is 3.98. The lowest BCUT2D eigenvalue weighted by Gasteiger charge is -2.44. The summed E-state index contributed by atoms with van der Waals surface area (Å²) in [6.07, 6.45) is 2.47. The molecule has 1 unspecified atom stereocenters. The highest BCUT2D eigenvalue weighted by Crippen LogP contribution is 2.54. The molecule has 2 saturated heterocycles. The molecule has 122 valence electrons. The van der Waals surface area contributed by atoms with Crippen LogP contribution in [0.25, 0.3) is 6.08 Å². The maximum absolute atomic E-state index is 12.4. The fourth-order valence-corrected chi connectivity index (χ4v) is 4.98. The third kappa shape index (κ3) is 2.66. The van der Waals surface area contributed by atoms with Crippen molar-refractivity contribution in [3.05, 3.63) is 42.0 Å². The molecule has 23 heavy (non-hydrogen) atoms. The molecule has 5 nitrogen and oxygen atoms in total. The Morgan fingerprint density at radius 3 is 2.61 bits per heavy atom. The fraction of sp³-hybridized carbons (Fsp3) is 0.412. The number of carbonyl (C=O) groups is 2. The lowest BCUT2D eigenvalue weighted by Crippen LogP contribution is -2.65. The van der Waals surface area contributed by atoms with Crippen molar-refractivity contribution in [3.63, 3.8) is 0 Å². The van der Waals surface area contributed by atoms with E-state index in [1.165, 1.54) is 16.7 Å². The predicted molar refractivity (Wildman–Crippen MR) is 88.7 cm³/mol. The van der Waals surface area contributed by atoms with Crippen LogP contribution in [0.15, 0.2) is 36.4 Å². The highest BCUT2D eigenvalue weighted by molar-refractivity contribution is 8.01. The number of rotatable bonds is 4. The Balaban J connectivity index is 1.75. The summed E-state index contributed by atoms with van der Waals surface area (Å²) in [6.45, 7) is 3.65. The van der Waals surface area contributed by atoms with Gasteiger partial charge in [-0.15, -0.1) is 11.8 Å². The molecule has 3 rings (SSSR count). The van der Waals surface area contributed by atoms with Crippen LogP contribution < -0.4 is 0 Å². The number of aliphatic hydroxyl groups is 1.